The summed E-state index contributed by atoms with van der Waals surface area (Å²) in [7, 11) is 5.57. The largest absolute Gasteiger partial charge is 0.493 e. The maximum atomic E-state index is 11.3. The zero-order chi connectivity index (χ0) is 61.4. The van der Waals surface area contributed by atoms with Gasteiger partial charge >= 0.3 is 5.97 Å². The van der Waals surface area contributed by atoms with Gasteiger partial charge in [0.2, 0.25) is 6.33 Å². The number of carbonyl (C=O) groups excluding carboxylic acids is 1. The van der Waals surface area contributed by atoms with Gasteiger partial charge in [0.25, 0.3) is 0 Å². The standard InChI is InChI=1S/C11H15N.C10H9NO3.C9H10N2.C9H9N.C9H10O.C8H7NO.2C8H7NS/c1-9-5-3-7-11-10(9)6-4-8-12(11)2;1-6-3-7(10(12)13-2)4-8-9(6)14-5-11-8;1-7-3-4-8-9(5-7)11(2)6-10-8;1-7-3-2-4-9-8(7)5-6-10-9;1-7-3-2-4-8-5-6-10-9(7)8;1-6-3-2-4-7-8(6)10-5-9-7;1-6-3-2-4-7-8(6)9-5-10-7;1-6-3-2-4-7-8(6)10-5-9-7/h3,5,7H,4,6,8H2,1-2H3;3-5H,1-2H3;3-6H,1-2H3;2-6,10H,1H3;2-4H,5-6H2,1H3;3*2-5H,1H3/p+1. The number of aromatic amines is 2. The predicted molar refractivity (Wildman–Crippen MR) is 358 cm³/mol. The molecule has 6 aromatic heterocycles. The minimum Gasteiger partial charge on any atom is -0.493 e. The molecule has 0 unspecified atom stereocenters. The summed E-state index contributed by atoms with van der Waals surface area (Å²) in [5.41, 5.74) is 27.7. The first-order chi connectivity index (χ1) is 42.2. The Morgan fingerprint density at radius 1 is 0.609 bits per heavy atom. The predicted octanol–water partition coefficient (Wildman–Crippen LogP) is 17.4. The van der Waals surface area contributed by atoms with Gasteiger partial charge in [0.15, 0.2) is 35.0 Å². The van der Waals surface area contributed by atoms with Crippen molar-refractivity contribution < 1.29 is 27.7 Å². The Morgan fingerprint density at radius 2 is 1.29 bits per heavy atom. The van der Waals surface area contributed by atoms with E-state index in [1.165, 1.54) is 115 Å². The Bertz CT molecular complexity index is 4260. The topological polar surface area (TPSA) is 152 Å². The van der Waals surface area contributed by atoms with E-state index in [2.05, 4.69) is 196 Å². The summed E-state index contributed by atoms with van der Waals surface area (Å²) in [6.07, 6.45) is 10.4. The number of fused-ring (bicyclic) bond motifs is 8. The van der Waals surface area contributed by atoms with Crippen molar-refractivity contribution in [3.63, 3.8) is 0 Å². The number of ether oxygens (including phenoxy) is 2. The molecule has 2 N–H and O–H groups in total. The molecule has 0 bridgehead atoms. The van der Waals surface area contributed by atoms with Gasteiger partial charge in [-0.1, -0.05) is 84.9 Å². The lowest BCUT2D eigenvalue weighted by Crippen LogP contribution is -2.24. The third-order valence-electron chi connectivity index (χ3n) is 15.1. The van der Waals surface area contributed by atoms with Gasteiger partial charge in [0, 0.05) is 42.8 Å². The third-order valence-corrected chi connectivity index (χ3v) is 16.9. The number of H-pyrrole nitrogens is 2. The van der Waals surface area contributed by atoms with E-state index >= 15 is 0 Å². The van der Waals surface area contributed by atoms with Gasteiger partial charge in [-0.15, -0.1) is 22.7 Å². The molecule has 0 saturated carbocycles. The molecule has 13 nitrogen and oxygen atoms in total. The van der Waals surface area contributed by atoms with Crippen molar-refractivity contribution in [3.8, 4) is 5.75 Å². The van der Waals surface area contributed by atoms with Gasteiger partial charge in [-0.25, -0.2) is 34.3 Å². The van der Waals surface area contributed by atoms with Gasteiger partial charge in [0.05, 0.1) is 57.8 Å². The fraction of sp³-hybridized carbons (Fsp3) is 0.222. The highest BCUT2D eigenvalue weighted by Gasteiger charge is 2.15. The van der Waals surface area contributed by atoms with E-state index in [0.29, 0.717) is 16.7 Å². The average Bonchev–Trinajstić information content (AvgIpc) is 4.55. The number of benzene rings is 8. The number of hydrogen-bond acceptors (Lipinski definition) is 12. The lowest BCUT2D eigenvalue weighted by molar-refractivity contribution is -0.644. The number of hydrogen-bond donors (Lipinski definition) is 2. The molecule has 0 saturated heterocycles. The number of thiazole rings is 2. The summed E-state index contributed by atoms with van der Waals surface area (Å²) >= 11 is 3.39. The number of oxazole rings is 2. The zero-order valence-electron chi connectivity index (χ0n) is 51.4. The van der Waals surface area contributed by atoms with Crippen LogP contribution < -0.4 is 14.2 Å². The Hall–Kier alpha value is -9.44. The molecule has 0 amide bonds. The number of para-hydroxylation sites is 3. The molecule has 0 spiro atoms. The summed E-state index contributed by atoms with van der Waals surface area (Å²) in [5.74, 6) is 0.750. The molecule has 8 aromatic carbocycles. The highest BCUT2D eigenvalue weighted by atomic mass is 32.1. The maximum Gasteiger partial charge on any atom is 0.337 e. The fourth-order valence-electron chi connectivity index (χ4n) is 10.4. The van der Waals surface area contributed by atoms with E-state index in [1.807, 2.05) is 74.8 Å². The second-order valence-corrected chi connectivity index (χ2v) is 23.2. The zero-order valence-corrected chi connectivity index (χ0v) is 53.0. The molecule has 0 fully saturated rings. The average molecular weight is 1200 g/mol. The molecule has 2 aliphatic heterocycles. The van der Waals surface area contributed by atoms with Crippen molar-refractivity contribution in [2.75, 3.05) is 32.2 Å². The Kier molecular flexibility index (Phi) is 21.1. The maximum absolute atomic E-state index is 11.3. The minimum absolute atomic E-state index is 0.363. The van der Waals surface area contributed by atoms with Gasteiger partial charge in [-0.05, 0) is 185 Å². The summed E-state index contributed by atoms with van der Waals surface area (Å²) in [4.78, 5) is 36.4. The Balaban J connectivity index is 0.000000119. The van der Waals surface area contributed by atoms with E-state index in [0.717, 1.165) is 52.0 Å². The molecule has 15 heteroatoms. The third kappa shape index (κ3) is 15.7. The minimum atomic E-state index is -0.363. The quantitative estimate of drug-likeness (QED) is 0.120. The second kappa shape index (κ2) is 29.6. The molecule has 0 atom stereocenters. The van der Waals surface area contributed by atoms with E-state index in [4.69, 9.17) is 13.6 Å². The monoisotopic (exact) mass is 1200 g/mol. The van der Waals surface area contributed by atoms with Crippen LogP contribution in [0.4, 0.5) is 5.69 Å². The molecule has 8 heterocycles. The number of aromatic nitrogens is 7. The highest BCUT2D eigenvalue weighted by Crippen LogP contribution is 2.30. The highest BCUT2D eigenvalue weighted by molar-refractivity contribution is 7.17. The molecule has 2 aliphatic rings. The van der Waals surface area contributed by atoms with Crippen LogP contribution in [-0.4, -0.2) is 63.2 Å². The molecule has 14 aromatic rings. The number of rotatable bonds is 1. The molecule has 0 aliphatic carbocycles. The van der Waals surface area contributed by atoms with Crippen LogP contribution in [0.5, 0.6) is 5.75 Å². The van der Waals surface area contributed by atoms with Crippen molar-refractivity contribution in [2.45, 2.75) is 74.7 Å². The molecule has 87 heavy (non-hydrogen) atoms. The van der Waals surface area contributed by atoms with Crippen LogP contribution in [0.3, 0.4) is 0 Å². The molecular formula is C72H75N8O5S2+. The summed E-state index contributed by atoms with van der Waals surface area (Å²) in [6.45, 7) is 18.7. The van der Waals surface area contributed by atoms with Crippen LogP contribution in [-0.2, 0) is 24.6 Å². The molecule has 0 radical (unpaired) electrons. The summed E-state index contributed by atoms with van der Waals surface area (Å²) in [5, 5.41) is 1.32. The molecule has 16 rings (SSSR count). The van der Waals surface area contributed by atoms with Crippen LogP contribution in [0.25, 0.3) is 64.6 Å². The van der Waals surface area contributed by atoms with Gasteiger partial charge < -0.3 is 28.2 Å². The van der Waals surface area contributed by atoms with Gasteiger partial charge in [-0.3, -0.25) is 0 Å². The van der Waals surface area contributed by atoms with E-state index in [-0.39, 0.29) is 5.97 Å². The van der Waals surface area contributed by atoms with Crippen molar-refractivity contribution in [1.82, 2.24) is 29.9 Å². The normalized spacial score (nSPS) is 11.7. The van der Waals surface area contributed by atoms with Crippen LogP contribution in [0.1, 0.15) is 72.4 Å². The SMILES string of the molecule is COC(=O)c1cc(C)c2ocnc2c1.Cc1ccc2[nH]c[n+](C)c2c1.Cc1cccc2[nH]ccc12.Cc1cccc2c1CCCN2C.Cc1cccc2c1OCC2.Cc1cccc2ncoc12.Cc1cccc2ncsc12.Cc1cccc2scnc12. The number of nitrogens with zero attached hydrogens (tertiary/aromatic N) is 6. The smallest absolute Gasteiger partial charge is 0.337 e. The van der Waals surface area contributed by atoms with Gasteiger partial charge in [0.1, 0.15) is 16.8 Å². The van der Waals surface area contributed by atoms with Crippen molar-refractivity contribution in [1.29, 1.82) is 0 Å². The van der Waals surface area contributed by atoms with Gasteiger partial charge in [-0.2, -0.15) is 0 Å². The van der Waals surface area contributed by atoms with Crippen molar-refractivity contribution in [2.24, 2.45) is 7.05 Å². The molecular weight excluding hydrogens is 1120 g/mol. The first-order valence-corrected chi connectivity index (χ1v) is 30.7. The lowest BCUT2D eigenvalue weighted by Gasteiger charge is -2.28. The van der Waals surface area contributed by atoms with Crippen molar-refractivity contribution >= 4 is 98.9 Å². The van der Waals surface area contributed by atoms with Crippen LogP contribution in [0.15, 0.2) is 191 Å². The summed E-state index contributed by atoms with van der Waals surface area (Å²) < 4.78 is 25.0. The number of carbonyl (C=O) groups is 1. The number of methoxy groups -OCH3 is 1. The number of anilines is 1. The first-order valence-electron chi connectivity index (χ1n) is 28.9. The van der Waals surface area contributed by atoms with Crippen molar-refractivity contribution in [3.05, 3.63) is 243 Å². The van der Waals surface area contributed by atoms with E-state index < -0.39 is 0 Å². The van der Waals surface area contributed by atoms with Crippen LogP contribution >= 0.6 is 22.7 Å². The van der Waals surface area contributed by atoms with E-state index in [1.54, 1.807) is 40.4 Å². The second-order valence-electron chi connectivity index (χ2n) is 21.5. The number of aryl methyl sites for hydroxylation is 9. The number of imidazole rings is 1. The number of nitrogens with one attached hydrogen (secondary N) is 2. The van der Waals surface area contributed by atoms with Crippen LogP contribution in [0.2, 0.25) is 0 Å². The fourth-order valence-corrected chi connectivity index (χ4v) is 11.9. The van der Waals surface area contributed by atoms with Crippen LogP contribution in [0, 0.1) is 55.4 Å². The summed E-state index contributed by atoms with van der Waals surface area (Å²) in [6, 6.07) is 49.4. The Labute approximate surface area is 516 Å². The van der Waals surface area contributed by atoms with E-state index in [9.17, 15) is 4.79 Å². The first kappa shape index (κ1) is 62.1. The Morgan fingerprint density at radius 3 is 2.03 bits per heavy atom. The lowest BCUT2D eigenvalue weighted by atomic mass is 9.98. The number of esters is 1. The molecule has 444 valence electrons.